The summed E-state index contributed by atoms with van der Waals surface area (Å²) in [5.41, 5.74) is 5.29. The van der Waals surface area contributed by atoms with Crippen molar-refractivity contribution in [1.29, 1.82) is 0 Å². The molecule has 0 saturated heterocycles. The average molecular weight is 442 g/mol. The number of aryl methyl sites for hydroxylation is 1. The van der Waals surface area contributed by atoms with Crippen LogP contribution in [-0.2, 0) is 6.61 Å². The van der Waals surface area contributed by atoms with Gasteiger partial charge in [-0.15, -0.1) is 0 Å². The maximum absolute atomic E-state index is 6.23. The highest BCUT2D eigenvalue weighted by molar-refractivity contribution is 5.79. The molecule has 0 bridgehead atoms. The summed E-state index contributed by atoms with van der Waals surface area (Å²) in [7, 11) is 0. The third-order valence-electron chi connectivity index (χ3n) is 5.57. The summed E-state index contributed by atoms with van der Waals surface area (Å²) >= 11 is 0. The van der Waals surface area contributed by atoms with Crippen LogP contribution in [0.4, 0.5) is 5.82 Å². The molecule has 0 aliphatic heterocycles. The molecule has 4 nitrogen and oxygen atoms in total. The lowest BCUT2D eigenvalue weighted by Crippen LogP contribution is -2.36. The van der Waals surface area contributed by atoms with E-state index in [-0.39, 0.29) is 11.0 Å². The van der Waals surface area contributed by atoms with Crippen LogP contribution in [0.25, 0.3) is 16.9 Å². The summed E-state index contributed by atoms with van der Waals surface area (Å²) in [5.74, 6) is 1.77. The summed E-state index contributed by atoms with van der Waals surface area (Å²) in [6, 6.07) is 22.8. The van der Waals surface area contributed by atoms with Gasteiger partial charge in [0.05, 0.1) is 0 Å². The van der Waals surface area contributed by atoms with Crippen molar-refractivity contribution in [3.63, 3.8) is 0 Å². The Labute approximate surface area is 197 Å². The van der Waals surface area contributed by atoms with Gasteiger partial charge in [-0.1, -0.05) is 74.9 Å². The maximum atomic E-state index is 6.23. The van der Waals surface area contributed by atoms with Gasteiger partial charge in [0.1, 0.15) is 18.1 Å². The molecule has 4 aromatic rings. The fraction of sp³-hybridized carbons (Fsp3) is 0.345. The van der Waals surface area contributed by atoms with Gasteiger partial charge in [-0.25, -0.2) is 4.98 Å². The van der Waals surface area contributed by atoms with Crippen molar-refractivity contribution < 1.29 is 4.74 Å². The SMILES string of the molecule is Cc1cccc(-c2nc3c(OCc4ccccc4)cccn3c2NC(C)(C)CC(C)(C)C)c1. The Hall–Kier alpha value is -3.27. The van der Waals surface area contributed by atoms with Crippen LogP contribution in [0.1, 0.15) is 52.2 Å². The standard InChI is InChI=1S/C29H35N3O/c1-21-12-10-15-23(18-21)25-27(31-29(5,6)20-28(2,3)4)32-17-11-16-24(26(32)30-25)33-19-22-13-8-7-9-14-22/h7-18,31H,19-20H2,1-6H3. The quantitative estimate of drug-likeness (QED) is 0.322. The van der Waals surface area contributed by atoms with Gasteiger partial charge >= 0.3 is 0 Å². The first-order chi connectivity index (χ1) is 15.6. The van der Waals surface area contributed by atoms with E-state index in [0.717, 1.165) is 40.5 Å². The minimum Gasteiger partial charge on any atom is -0.485 e. The van der Waals surface area contributed by atoms with Gasteiger partial charge in [-0.3, -0.25) is 4.40 Å². The molecule has 2 heterocycles. The first-order valence-electron chi connectivity index (χ1n) is 11.6. The Kier molecular flexibility index (Phi) is 6.20. The van der Waals surface area contributed by atoms with E-state index < -0.39 is 0 Å². The van der Waals surface area contributed by atoms with Crippen molar-refractivity contribution in [2.75, 3.05) is 5.32 Å². The molecule has 2 aromatic heterocycles. The number of rotatable bonds is 7. The van der Waals surface area contributed by atoms with Gasteiger partial charge < -0.3 is 10.1 Å². The number of pyridine rings is 1. The fourth-order valence-electron chi connectivity index (χ4n) is 4.69. The summed E-state index contributed by atoms with van der Waals surface area (Å²) in [6.07, 6.45) is 3.08. The molecule has 0 aliphatic carbocycles. The lowest BCUT2D eigenvalue weighted by atomic mass is 9.82. The Balaban J connectivity index is 1.79. The number of imidazole rings is 1. The monoisotopic (exact) mass is 441 g/mol. The molecule has 0 unspecified atom stereocenters. The zero-order valence-electron chi connectivity index (χ0n) is 20.6. The first-order valence-corrected chi connectivity index (χ1v) is 11.6. The first kappa shape index (κ1) is 22.9. The van der Waals surface area contributed by atoms with Crippen molar-refractivity contribution in [1.82, 2.24) is 9.38 Å². The molecule has 0 saturated carbocycles. The van der Waals surface area contributed by atoms with E-state index in [1.54, 1.807) is 0 Å². The van der Waals surface area contributed by atoms with Crippen LogP contribution in [0, 0.1) is 12.3 Å². The van der Waals surface area contributed by atoms with Crippen LogP contribution in [0.3, 0.4) is 0 Å². The second-order valence-corrected chi connectivity index (χ2v) is 10.8. The molecular formula is C29H35N3O. The molecule has 0 atom stereocenters. The predicted molar refractivity (Wildman–Crippen MR) is 138 cm³/mol. The molecule has 2 aromatic carbocycles. The highest BCUT2D eigenvalue weighted by Crippen LogP contribution is 2.37. The van der Waals surface area contributed by atoms with Crippen LogP contribution in [0.5, 0.6) is 5.75 Å². The second-order valence-electron chi connectivity index (χ2n) is 10.8. The second kappa shape index (κ2) is 8.93. The van der Waals surface area contributed by atoms with E-state index in [1.807, 2.05) is 30.3 Å². The Morgan fingerprint density at radius 3 is 2.36 bits per heavy atom. The molecule has 33 heavy (non-hydrogen) atoms. The Morgan fingerprint density at radius 1 is 0.909 bits per heavy atom. The van der Waals surface area contributed by atoms with Crippen molar-refractivity contribution in [2.45, 2.75) is 60.1 Å². The number of nitrogens with zero attached hydrogens (tertiary/aromatic N) is 2. The van der Waals surface area contributed by atoms with Crippen LogP contribution >= 0.6 is 0 Å². The van der Waals surface area contributed by atoms with Gasteiger partial charge in [-0.05, 0) is 56.4 Å². The van der Waals surface area contributed by atoms with E-state index in [9.17, 15) is 0 Å². The fourth-order valence-corrected chi connectivity index (χ4v) is 4.69. The summed E-state index contributed by atoms with van der Waals surface area (Å²) in [6.45, 7) is 14.0. The highest BCUT2D eigenvalue weighted by atomic mass is 16.5. The van der Waals surface area contributed by atoms with Gasteiger partial charge in [0.25, 0.3) is 0 Å². The molecule has 0 aliphatic rings. The lowest BCUT2D eigenvalue weighted by molar-refractivity contribution is 0.301. The van der Waals surface area contributed by atoms with Crippen LogP contribution < -0.4 is 10.1 Å². The smallest absolute Gasteiger partial charge is 0.181 e. The number of ether oxygens (including phenoxy) is 1. The molecular weight excluding hydrogens is 406 g/mol. The van der Waals surface area contributed by atoms with Crippen molar-refractivity contribution in [2.24, 2.45) is 5.41 Å². The van der Waals surface area contributed by atoms with Crippen LogP contribution in [0.15, 0.2) is 72.9 Å². The van der Waals surface area contributed by atoms with Crippen LogP contribution in [-0.4, -0.2) is 14.9 Å². The van der Waals surface area contributed by atoms with Gasteiger partial charge in [0.15, 0.2) is 11.4 Å². The number of hydrogen-bond acceptors (Lipinski definition) is 3. The van der Waals surface area contributed by atoms with E-state index in [1.165, 1.54) is 5.56 Å². The molecule has 172 valence electrons. The number of hydrogen-bond donors (Lipinski definition) is 1. The van der Waals surface area contributed by atoms with Gasteiger partial charge in [0.2, 0.25) is 0 Å². The zero-order valence-corrected chi connectivity index (χ0v) is 20.6. The van der Waals surface area contributed by atoms with E-state index in [2.05, 4.69) is 93.9 Å². The Bertz CT molecular complexity index is 1230. The van der Waals surface area contributed by atoms with Crippen molar-refractivity contribution in [3.8, 4) is 17.0 Å². The van der Waals surface area contributed by atoms with E-state index >= 15 is 0 Å². The molecule has 4 heteroatoms. The number of aromatic nitrogens is 2. The number of fused-ring (bicyclic) bond motifs is 1. The normalized spacial score (nSPS) is 12.2. The molecule has 1 N–H and O–H groups in total. The number of nitrogens with one attached hydrogen (secondary N) is 1. The van der Waals surface area contributed by atoms with Crippen molar-refractivity contribution in [3.05, 3.63) is 84.1 Å². The summed E-state index contributed by atoms with van der Waals surface area (Å²) in [4.78, 5) is 5.09. The van der Waals surface area contributed by atoms with E-state index in [4.69, 9.17) is 9.72 Å². The summed E-state index contributed by atoms with van der Waals surface area (Å²) < 4.78 is 8.36. The molecule has 0 spiro atoms. The van der Waals surface area contributed by atoms with Gasteiger partial charge in [0, 0.05) is 17.3 Å². The molecule has 0 radical (unpaired) electrons. The lowest BCUT2D eigenvalue weighted by Gasteiger charge is -2.34. The number of benzene rings is 2. The van der Waals surface area contributed by atoms with Crippen molar-refractivity contribution >= 4 is 11.5 Å². The maximum Gasteiger partial charge on any atom is 0.181 e. The molecule has 0 fully saturated rings. The highest BCUT2D eigenvalue weighted by Gasteiger charge is 2.28. The largest absolute Gasteiger partial charge is 0.485 e. The van der Waals surface area contributed by atoms with E-state index in [0.29, 0.717) is 6.61 Å². The van der Waals surface area contributed by atoms with Gasteiger partial charge in [-0.2, -0.15) is 0 Å². The third kappa shape index (κ3) is 5.57. The molecule has 0 amide bonds. The zero-order chi connectivity index (χ0) is 23.6. The average Bonchev–Trinajstić information content (AvgIpc) is 3.09. The minimum absolute atomic E-state index is 0.117. The summed E-state index contributed by atoms with van der Waals surface area (Å²) in [5, 5.41) is 3.83. The number of anilines is 1. The third-order valence-corrected chi connectivity index (χ3v) is 5.57. The minimum atomic E-state index is -0.117. The Morgan fingerprint density at radius 2 is 1.67 bits per heavy atom. The topological polar surface area (TPSA) is 38.6 Å². The predicted octanol–water partition coefficient (Wildman–Crippen LogP) is 7.52. The van der Waals surface area contributed by atoms with Crippen LogP contribution in [0.2, 0.25) is 0 Å². The molecule has 4 rings (SSSR count).